The predicted molar refractivity (Wildman–Crippen MR) is 163 cm³/mol. The molecule has 0 fully saturated rings. The first-order valence-electron chi connectivity index (χ1n) is 15.1. The van der Waals surface area contributed by atoms with Gasteiger partial charge in [0.05, 0.1) is 45.5 Å². The van der Waals surface area contributed by atoms with E-state index < -0.39 is 35.9 Å². The van der Waals surface area contributed by atoms with Crippen LogP contribution in [-0.4, -0.2) is 52.2 Å². The molecule has 0 aliphatic carbocycles. The lowest BCUT2D eigenvalue weighted by molar-refractivity contribution is 0.201. The van der Waals surface area contributed by atoms with Gasteiger partial charge in [-0.25, -0.2) is 18.9 Å². The van der Waals surface area contributed by atoms with Gasteiger partial charge >= 0.3 is 6.09 Å². The summed E-state index contributed by atoms with van der Waals surface area (Å²) in [7, 11) is 1.55. The highest BCUT2D eigenvalue weighted by Gasteiger charge is 2.28. The van der Waals surface area contributed by atoms with Crippen LogP contribution in [0, 0.1) is 24.1 Å². The second-order valence-electron chi connectivity index (χ2n) is 11.2. The fourth-order valence-corrected chi connectivity index (χ4v) is 5.43. The molecule has 0 unspecified atom stereocenters. The molecule has 1 amide bonds. The molecule has 0 aliphatic rings. The molecule has 0 saturated heterocycles. The maximum Gasteiger partial charge on any atom is 0.413 e. The molecule has 15 heteroatoms. The number of nitrogens with one attached hydrogen (secondary N) is 1. The second-order valence-corrected chi connectivity index (χ2v) is 11.2. The number of nitrogens with zero attached hydrogens (tertiary/aromatic N) is 9. The molecule has 1 aromatic carbocycles. The van der Waals surface area contributed by atoms with Gasteiger partial charge in [-0.15, -0.1) is 10.2 Å². The van der Waals surface area contributed by atoms with E-state index in [0.717, 1.165) is 0 Å². The predicted octanol–water partition coefficient (Wildman–Crippen LogP) is 3.31. The van der Waals surface area contributed by atoms with Gasteiger partial charge in [-0.05, 0) is 52.0 Å². The fraction of sp³-hybridized carbons (Fsp3) is 0.267. The minimum Gasteiger partial charge on any atom is -0.390 e. The molecule has 5 aromatic heterocycles. The first kappa shape index (κ1) is 25.7. The summed E-state index contributed by atoms with van der Waals surface area (Å²) in [5.74, 6) is -0.793. The van der Waals surface area contributed by atoms with Crippen molar-refractivity contribution in [3.8, 4) is 34.5 Å². The standard InChI is InChI=1S/C30H28FN11O3/c1-14-37-38-23-8-7-15-17(11-32)24(19(31)10-22(15)41(14)23)26-18(13-35-40(26)6)20-9-16-21(12-33)39-42(30(2,3)4)28(43)25(16)27(36-20)45-29(44)34-5/h7-10,13H,12,33H2,1-6H3,(H,34,44)/i5D3. The zero-order valence-electron chi connectivity index (χ0n) is 27.8. The molecule has 0 aliphatic heterocycles. The monoisotopic (exact) mass is 612 g/mol. The van der Waals surface area contributed by atoms with Crippen LogP contribution in [0.1, 0.15) is 42.0 Å². The Balaban J connectivity index is 1.66. The van der Waals surface area contributed by atoms with Crippen molar-refractivity contribution in [1.29, 1.82) is 5.26 Å². The molecular weight excluding hydrogens is 581 g/mol. The minimum atomic E-state index is -2.91. The van der Waals surface area contributed by atoms with Crippen LogP contribution in [0.2, 0.25) is 0 Å². The first-order valence-corrected chi connectivity index (χ1v) is 13.6. The Morgan fingerprint density at radius 3 is 2.71 bits per heavy atom. The van der Waals surface area contributed by atoms with Crippen molar-refractivity contribution in [3.63, 3.8) is 0 Å². The van der Waals surface area contributed by atoms with Gasteiger partial charge in [0, 0.05) is 41.0 Å². The van der Waals surface area contributed by atoms with Crippen LogP contribution in [0.5, 0.6) is 5.88 Å². The molecule has 3 N–H and O–H groups in total. The van der Waals surface area contributed by atoms with Gasteiger partial charge in [-0.2, -0.15) is 15.5 Å². The maximum absolute atomic E-state index is 16.3. The van der Waals surface area contributed by atoms with E-state index >= 15 is 4.39 Å². The lowest BCUT2D eigenvalue weighted by atomic mass is 9.95. The Labute approximate surface area is 259 Å². The number of fused-ring (bicyclic) bond motifs is 4. The van der Waals surface area contributed by atoms with Crippen molar-refractivity contribution in [2.45, 2.75) is 39.8 Å². The van der Waals surface area contributed by atoms with Gasteiger partial charge in [-0.3, -0.25) is 13.9 Å². The second kappa shape index (κ2) is 10.5. The molecule has 45 heavy (non-hydrogen) atoms. The van der Waals surface area contributed by atoms with Gasteiger partial charge in [-0.1, -0.05) is 0 Å². The molecule has 5 heterocycles. The molecule has 6 aromatic rings. The molecule has 0 bridgehead atoms. The normalized spacial score (nSPS) is 13.1. The number of rotatable bonds is 4. The molecule has 0 saturated carbocycles. The molecule has 228 valence electrons. The van der Waals surface area contributed by atoms with E-state index in [2.05, 4.69) is 31.4 Å². The smallest absolute Gasteiger partial charge is 0.390 e. The number of halogens is 1. The number of carbonyl (C=O) groups excluding carboxylic acids is 1. The number of carbonyl (C=O) groups is 1. The summed E-state index contributed by atoms with van der Waals surface area (Å²) in [5.41, 5.74) is 5.93. The van der Waals surface area contributed by atoms with Crippen LogP contribution in [0.15, 0.2) is 35.3 Å². The van der Waals surface area contributed by atoms with Crippen molar-refractivity contribution in [1.82, 2.24) is 44.5 Å². The highest BCUT2D eigenvalue weighted by Crippen LogP contribution is 2.40. The van der Waals surface area contributed by atoms with Crippen molar-refractivity contribution in [3.05, 3.63) is 63.7 Å². The van der Waals surface area contributed by atoms with E-state index in [9.17, 15) is 14.9 Å². The topological polar surface area (TPSA) is 184 Å². The number of aromatic nitrogens is 8. The number of hydrogen-bond acceptors (Lipinski definition) is 10. The lowest BCUT2D eigenvalue weighted by Gasteiger charge is -2.23. The van der Waals surface area contributed by atoms with Gasteiger partial charge in [0.25, 0.3) is 5.56 Å². The Kier molecular flexibility index (Phi) is 5.98. The SMILES string of the molecule is [2H]C([2H])([2H])NC(=O)Oc1nc(-c2cnn(C)c2-c2c(F)cc3c(ccc4nnc(C)n43)c2C#N)cc2c(CN)nn(C(C)(C)C)c(=O)c12. The summed E-state index contributed by atoms with van der Waals surface area (Å²) in [6.07, 6.45) is -0.0253. The van der Waals surface area contributed by atoms with Crippen LogP contribution >= 0.6 is 0 Å². The van der Waals surface area contributed by atoms with E-state index in [1.54, 1.807) is 56.6 Å². The van der Waals surface area contributed by atoms with E-state index in [0.29, 0.717) is 22.4 Å². The van der Waals surface area contributed by atoms with Gasteiger partial charge in [0.2, 0.25) is 5.88 Å². The third kappa shape index (κ3) is 4.54. The van der Waals surface area contributed by atoms with Crippen molar-refractivity contribution >= 4 is 33.4 Å². The third-order valence-electron chi connectivity index (χ3n) is 7.40. The number of nitrogens with two attached hydrogens (primary N) is 1. The molecule has 0 atom stereocenters. The minimum absolute atomic E-state index is 0.00320. The number of benzene rings is 1. The van der Waals surface area contributed by atoms with E-state index in [1.807, 2.05) is 0 Å². The Hall–Kier alpha value is -5.75. The van der Waals surface area contributed by atoms with Crippen LogP contribution < -0.4 is 21.3 Å². The Bertz CT molecular complexity index is 2420. The van der Waals surface area contributed by atoms with Crippen molar-refractivity contribution < 1.29 is 18.0 Å². The Morgan fingerprint density at radius 1 is 1.24 bits per heavy atom. The number of nitriles is 1. The number of ether oxygens (including phenoxy) is 1. The summed E-state index contributed by atoms with van der Waals surface area (Å²) in [6, 6.07) is 8.20. The fourth-order valence-electron chi connectivity index (χ4n) is 5.43. The van der Waals surface area contributed by atoms with Crippen LogP contribution in [0.4, 0.5) is 9.18 Å². The summed E-state index contributed by atoms with van der Waals surface area (Å²) >= 11 is 0. The number of pyridine rings is 2. The van der Waals surface area contributed by atoms with Crippen LogP contribution in [-0.2, 0) is 19.1 Å². The largest absolute Gasteiger partial charge is 0.413 e. The van der Waals surface area contributed by atoms with Gasteiger partial charge in [0.1, 0.15) is 23.1 Å². The van der Waals surface area contributed by atoms with E-state index in [-0.39, 0.29) is 51.1 Å². The van der Waals surface area contributed by atoms with Crippen LogP contribution in [0.3, 0.4) is 0 Å². The summed E-state index contributed by atoms with van der Waals surface area (Å²) in [6.45, 7) is 3.86. The average molecular weight is 613 g/mol. The highest BCUT2D eigenvalue weighted by atomic mass is 19.1. The molecule has 0 radical (unpaired) electrons. The van der Waals surface area contributed by atoms with E-state index in [1.165, 1.54) is 27.7 Å². The maximum atomic E-state index is 16.3. The van der Waals surface area contributed by atoms with Crippen molar-refractivity contribution in [2.24, 2.45) is 12.8 Å². The highest BCUT2D eigenvalue weighted by molar-refractivity contribution is 5.98. The summed E-state index contributed by atoms with van der Waals surface area (Å²) < 4.78 is 48.0. The number of hydrogen-bond donors (Lipinski definition) is 2. The number of amides is 1. The molecule has 6 rings (SSSR count). The Morgan fingerprint density at radius 2 is 2.02 bits per heavy atom. The molecule has 0 spiro atoms. The summed E-state index contributed by atoms with van der Waals surface area (Å²) in [4.78, 5) is 31.0. The molecule has 14 nitrogen and oxygen atoms in total. The zero-order valence-corrected chi connectivity index (χ0v) is 24.8. The molecular formula is C30H28FN11O3. The average Bonchev–Trinajstić information content (AvgIpc) is 3.56. The lowest BCUT2D eigenvalue weighted by Crippen LogP contribution is -2.37. The first-order chi connectivity index (χ1) is 22.5. The quantitative estimate of drug-likeness (QED) is 0.299. The third-order valence-corrected chi connectivity index (χ3v) is 7.40. The number of aryl methyl sites for hydroxylation is 2. The van der Waals surface area contributed by atoms with Crippen molar-refractivity contribution in [2.75, 3.05) is 6.98 Å². The zero-order chi connectivity index (χ0) is 34.9. The summed E-state index contributed by atoms with van der Waals surface area (Å²) in [5, 5.41) is 29.4. The van der Waals surface area contributed by atoms with E-state index in [4.69, 9.17) is 14.6 Å². The van der Waals surface area contributed by atoms with Gasteiger partial charge in [0.15, 0.2) is 5.65 Å². The van der Waals surface area contributed by atoms with Gasteiger partial charge < -0.3 is 15.8 Å². The van der Waals surface area contributed by atoms with Crippen LogP contribution in [0.25, 0.3) is 49.8 Å².